The van der Waals surface area contributed by atoms with E-state index >= 15 is 4.39 Å². The van der Waals surface area contributed by atoms with Gasteiger partial charge in [0.05, 0.1) is 29.6 Å². The third-order valence-corrected chi connectivity index (χ3v) is 11.6. The van der Waals surface area contributed by atoms with E-state index in [2.05, 4.69) is 37.3 Å². The number of anilines is 1. The van der Waals surface area contributed by atoms with Gasteiger partial charge in [0.25, 0.3) is 5.91 Å². The monoisotopic (exact) mass is 822 g/mol. The Labute approximate surface area is 350 Å². The Hall–Kier alpha value is -5.24. The Balaban J connectivity index is 0.924. The number of H-pyrrole nitrogens is 1. The average Bonchev–Trinajstić information content (AvgIpc) is 3.65. The first-order chi connectivity index (χ1) is 28.5. The van der Waals surface area contributed by atoms with Crippen molar-refractivity contribution in [3.8, 4) is 22.5 Å². The van der Waals surface area contributed by atoms with Crippen molar-refractivity contribution in [3.05, 3.63) is 101 Å². The predicted octanol–water partition coefficient (Wildman–Crippen LogP) is 9.38. The molecule has 0 atom stereocenters. The van der Waals surface area contributed by atoms with Crippen LogP contribution < -0.4 is 5.32 Å². The molecule has 3 aromatic carbocycles. The highest BCUT2D eigenvalue weighted by atomic mass is 19.1. The van der Waals surface area contributed by atoms with Gasteiger partial charge in [-0.1, -0.05) is 30.3 Å². The number of aromatic nitrogens is 3. The number of aromatic amines is 1. The van der Waals surface area contributed by atoms with Gasteiger partial charge in [-0.2, -0.15) is 0 Å². The summed E-state index contributed by atoms with van der Waals surface area (Å²) >= 11 is 0. The first kappa shape index (κ1) is 42.9. The van der Waals surface area contributed by atoms with Crippen molar-refractivity contribution >= 4 is 28.7 Å². The Bertz CT molecular complexity index is 2320. The van der Waals surface area contributed by atoms with Gasteiger partial charge in [-0.15, -0.1) is 0 Å². The number of hydrogen-bond donors (Lipinski definition) is 3. The topological polar surface area (TPSA) is 133 Å². The molecule has 0 spiro atoms. The molecule has 2 aliphatic heterocycles. The molecule has 60 heavy (non-hydrogen) atoms. The van der Waals surface area contributed by atoms with E-state index in [4.69, 9.17) is 9.47 Å². The normalized spacial score (nSPS) is 16.1. The molecule has 13 heteroatoms. The highest BCUT2D eigenvalue weighted by molar-refractivity contribution is 6.06. The van der Waals surface area contributed by atoms with Crippen molar-refractivity contribution in [3.63, 3.8) is 0 Å². The number of nitrogens with one attached hydrogen (secondary N) is 2. The van der Waals surface area contributed by atoms with Crippen molar-refractivity contribution < 1.29 is 33.0 Å². The molecule has 2 aromatic heterocycles. The quantitative estimate of drug-likeness (QED) is 0.120. The number of rotatable bonds is 11. The van der Waals surface area contributed by atoms with E-state index in [0.717, 1.165) is 87.7 Å². The Morgan fingerprint density at radius 1 is 0.917 bits per heavy atom. The summed E-state index contributed by atoms with van der Waals surface area (Å²) in [6.45, 7) is 15.7. The van der Waals surface area contributed by atoms with Gasteiger partial charge in [-0.25, -0.2) is 23.5 Å². The van der Waals surface area contributed by atoms with E-state index < -0.39 is 28.7 Å². The summed E-state index contributed by atoms with van der Waals surface area (Å²) in [7, 11) is 0. The summed E-state index contributed by atoms with van der Waals surface area (Å²) in [4.78, 5) is 42.3. The number of piperidine rings is 2. The smallest absolute Gasteiger partial charge is 0.410 e. The lowest BCUT2D eigenvalue weighted by Gasteiger charge is -2.35. The number of hydrogen-bond acceptors (Lipinski definition) is 8. The second-order valence-corrected chi connectivity index (χ2v) is 17.7. The summed E-state index contributed by atoms with van der Waals surface area (Å²) in [5.74, 6) is -1.50. The molecule has 4 heterocycles. The fourth-order valence-corrected chi connectivity index (χ4v) is 8.02. The first-order valence-electron chi connectivity index (χ1n) is 20.9. The number of fused-ring (bicyclic) bond motifs is 1. The number of likely N-dealkylation sites (tertiary alicyclic amines) is 2. The molecule has 0 aliphatic carbocycles. The van der Waals surface area contributed by atoms with Crippen molar-refractivity contribution in [1.82, 2.24) is 24.8 Å². The van der Waals surface area contributed by atoms with Gasteiger partial charge in [-0.3, -0.25) is 4.79 Å². The molecule has 2 aliphatic rings. The zero-order valence-corrected chi connectivity index (χ0v) is 35.4. The third-order valence-electron chi connectivity index (χ3n) is 11.6. The van der Waals surface area contributed by atoms with E-state index in [1.807, 2.05) is 43.9 Å². The van der Waals surface area contributed by atoms with Crippen LogP contribution in [0.1, 0.15) is 93.8 Å². The van der Waals surface area contributed by atoms with Crippen LogP contribution in [0.5, 0.6) is 0 Å². The van der Waals surface area contributed by atoms with Crippen LogP contribution in [0.25, 0.3) is 33.5 Å². The van der Waals surface area contributed by atoms with E-state index in [9.17, 15) is 19.1 Å². The summed E-state index contributed by atoms with van der Waals surface area (Å²) in [6.07, 6.45) is 6.64. The van der Waals surface area contributed by atoms with Crippen molar-refractivity contribution in [1.29, 1.82) is 0 Å². The van der Waals surface area contributed by atoms with Gasteiger partial charge < -0.3 is 34.7 Å². The van der Waals surface area contributed by atoms with Crippen LogP contribution in [0, 0.1) is 24.5 Å². The highest BCUT2D eigenvalue weighted by Crippen LogP contribution is 2.35. The second kappa shape index (κ2) is 17.8. The molecule has 2 saturated heterocycles. The number of carbonyl (C=O) groups excluding carboxylic acids is 2. The SMILES string of the molecule is Cc1c(NC(=O)c2ccc(C(C)(C)O)cc2F)cc(F)cc1-c1ncnc2[nH]c(-c3ccc(COC4CCN(CCC5CCN(C(=O)OC(C)(C)C)CC5)CC4)cc3)cc12. The molecule has 0 unspecified atom stereocenters. The fraction of sp³-hybridized carbons (Fsp3) is 0.447. The number of benzene rings is 3. The molecule has 2 amide bonds. The number of halogens is 2. The number of carbonyl (C=O) groups is 2. The van der Waals surface area contributed by atoms with Crippen LogP contribution in [-0.2, 0) is 21.7 Å². The van der Waals surface area contributed by atoms with E-state index in [1.165, 1.54) is 44.4 Å². The lowest BCUT2D eigenvalue weighted by molar-refractivity contribution is -0.00412. The Morgan fingerprint density at radius 2 is 1.63 bits per heavy atom. The van der Waals surface area contributed by atoms with Gasteiger partial charge >= 0.3 is 6.09 Å². The molecule has 2 fully saturated rings. The minimum atomic E-state index is -1.28. The predicted molar refractivity (Wildman–Crippen MR) is 228 cm³/mol. The lowest BCUT2D eigenvalue weighted by atomic mass is 9.93. The Kier molecular flexibility index (Phi) is 12.7. The average molecular weight is 823 g/mol. The number of aliphatic hydroxyl groups is 1. The lowest BCUT2D eigenvalue weighted by Crippen LogP contribution is -2.42. The minimum Gasteiger partial charge on any atom is -0.444 e. The molecule has 0 saturated carbocycles. The van der Waals surface area contributed by atoms with Gasteiger partial charge in [0.15, 0.2) is 0 Å². The van der Waals surface area contributed by atoms with E-state index in [1.54, 1.807) is 6.92 Å². The van der Waals surface area contributed by atoms with Gasteiger partial charge in [0.2, 0.25) is 0 Å². The minimum absolute atomic E-state index is 0.178. The molecule has 5 aromatic rings. The number of amides is 2. The van der Waals surface area contributed by atoms with Crippen LogP contribution in [-0.4, -0.2) is 86.3 Å². The molecule has 0 bridgehead atoms. The van der Waals surface area contributed by atoms with Crippen molar-refractivity contribution in [2.45, 2.75) is 97.6 Å². The van der Waals surface area contributed by atoms with E-state index in [-0.39, 0.29) is 23.4 Å². The van der Waals surface area contributed by atoms with Gasteiger partial charge in [0, 0.05) is 48.5 Å². The third kappa shape index (κ3) is 10.4. The number of nitrogens with zero attached hydrogens (tertiary/aromatic N) is 4. The molecular weight excluding hydrogens is 767 g/mol. The van der Waals surface area contributed by atoms with E-state index in [0.29, 0.717) is 45.9 Å². The van der Waals surface area contributed by atoms with Gasteiger partial charge in [-0.05, 0) is 139 Å². The summed E-state index contributed by atoms with van der Waals surface area (Å²) in [6, 6.07) is 16.6. The molecular formula is C47H56F2N6O5. The van der Waals surface area contributed by atoms with Crippen LogP contribution in [0.3, 0.4) is 0 Å². The molecule has 318 valence electrons. The van der Waals surface area contributed by atoms with Crippen molar-refractivity contribution in [2.24, 2.45) is 5.92 Å². The molecule has 0 radical (unpaired) electrons. The largest absolute Gasteiger partial charge is 0.444 e. The van der Waals surface area contributed by atoms with Crippen LogP contribution >= 0.6 is 0 Å². The molecule has 11 nitrogen and oxygen atoms in total. The first-order valence-corrected chi connectivity index (χ1v) is 20.9. The zero-order valence-electron chi connectivity index (χ0n) is 35.4. The summed E-state index contributed by atoms with van der Waals surface area (Å²) < 4.78 is 42.0. The highest BCUT2D eigenvalue weighted by Gasteiger charge is 2.28. The van der Waals surface area contributed by atoms with Crippen LogP contribution in [0.15, 0.2) is 67.0 Å². The zero-order chi connectivity index (χ0) is 42.8. The maximum absolute atomic E-state index is 15.1. The second-order valence-electron chi connectivity index (χ2n) is 17.7. The van der Waals surface area contributed by atoms with Crippen LogP contribution in [0.2, 0.25) is 0 Å². The van der Waals surface area contributed by atoms with Crippen LogP contribution in [0.4, 0.5) is 19.3 Å². The maximum Gasteiger partial charge on any atom is 0.410 e. The summed E-state index contributed by atoms with van der Waals surface area (Å²) in [5, 5.41) is 13.6. The Morgan fingerprint density at radius 3 is 2.30 bits per heavy atom. The fourth-order valence-electron chi connectivity index (χ4n) is 8.02. The molecule has 7 rings (SSSR count). The van der Waals surface area contributed by atoms with Crippen molar-refractivity contribution in [2.75, 3.05) is 38.0 Å². The van der Waals surface area contributed by atoms with Gasteiger partial charge in [0.1, 0.15) is 29.2 Å². The maximum atomic E-state index is 15.1. The standard InChI is InChI=1S/C47H56F2N6O5/c1-29-37(24-34(48)25-40(29)53-44(56)36-12-11-33(23-39(36)49)47(5,6)58)42-38-26-41(52-43(38)51-28-50-42)32-9-7-31(8-10-32)27-59-35-16-19-54(20-17-35)18-13-30-14-21-55(22-15-30)45(57)60-46(2,3)4/h7-12,23-26,28,30,35,58H,13-22,27H2,1-6H3,(H,53,56)(H,50,51,52). The number of ether oxygens (including phenoxy) is 2. The molecule has 3 N–H and O–H groups in total. The summed E-state index contributed by atoms with van der Waals surface area (Å²) in [5.41, 5.74) is 3.40.